The molecule has 2 amide bonds. The Balaban J connectivity index is 1.78. The van der Waals surface area contributed by atoms with Gasteiger partial charge in [-0.05, 0) is 56.5 Å². The lowest BCUT2D eigenvalue weighted by molar-refractivity contribution is -0.114. The van der Waals surface area contributed by atoms with Crippen molar-refractivity contribution in [2.45, 2.75) is 39.8 Å². The summed E-state index contributed by atoms with van der Waals surface area (Å²) in [7, 11) is 0. The van der Waals surface area contributed by atoms with Crippen molar-refractivity contribution in [2.75, 3.05) is 16.4 Å². The number of carbonyl (C=O) groups is 2. The molecule has 0 fully saturated rings. The molecular formula is C23H25N5O3S. The smallest absolute Gasteiger partial charge is 0.278 e. The lowest BCUT2D eigenvalue weighted by Gasteiger charge is -2.13. The fraction of sp³-hybridized carbons (Fsp3) is 0.261. The average molecular weight is 452 g/mol. The molecule has 2 aromatic carbocycles. The molecular weight excluding hydrogens is 426 g/mol. The van der Waals surface area contributed by atoms with Crippen molar-refractivity contribution in [3.05, 3.63) is 62.9 Å². The van der Waals surface area contributed by atoms with Crippen LogP contribution in [0.1, 0.15) is 29.2 Å². The summed E-state index contributed by atoms with van der Waals surface area (Å²) in [6.07, 6.45) is 0. The molecule has 1 aromatic heterocycles. The van der Waals surface area contributed by atoms with Gasteiger partial charge in [0.05, 0.1) is 11.4 Å². The summed E-state index contributed by atoms with van der Waals surface area (Å²) in [5, 5.41) is 14.0. The van der Waals surface area contributed by atoms with Crippen LogP contribution in [0.4, 0.5) is 11.4 Å². The van der Waals surface area contributed by atoms with E-state index in [1.165, 1.54) is 6.92 Å². The molecule has 0 unspecified atom stereocenters. The Bertz CT molecular complexity index is 1250. The molecule has 0 saturated carbocycles. The van der Waals surface area contributed by atoms with E-state index in [1.54, 1.807) is 6.07 Å². The van der Waals surface area contributed by atoms with Crippen LogP contribution < -0.4 is 16.2 Å². The van der Waals surface area contributed by atoms with Gasteiger partial charge in [0, 0.05) is 18.2 Å². The zero-order valence-corrected chi connectivity index (χ0v) is 19.4. The number of aryl methyl sites for hydroxylation is 3. The lowest BCUT2D eigenvalue weighted by Crippen LogP contribution is -2.18. The van der Waals surface area contributed by atoms with E-state index in [1.807, 2.05) is 52.0 Å². The van der Waals surface area contributed by atoms with Crippen molar-refractivity contribution in [1.29, 1.82) is 0 Å². The molecule has 8 nitrogen and oxygen atoms in total. The maximum atomic E-state index is 12.7. The summed E-state index contributed by atoms with van der Waals surface area (Å²) >= 11 is 1.09. The molecule has 32 heavy (non-hydrogen) atoms. The number of anilines is 2. The monoisotopic (exact) mass is 451 g/mol. The van der Waals surface area contributed by atoms with Gasteiger partial charge in [-0.2, -0.15) is 0 Å². The summed E-state index contributed by atoms with van der Waals surface area (Å²) in [4.78, 5) is 39.4. The van der Waals surface area contributed by atoms with Crippen molar-refractivity contribution < 1.29 is 9.59 Å². The minimum absolute atomic E-state index is 0.0675. The number of aromatic nitrogens is 3. The Hall–Kier alpha value is -3.46. The maximum absolute atomic E-state index is 12.7. The second-order valence-electron chi connectivity index (χ2n) is 7.58. The van der Waals surface area contributed by atoms with E-state index in [9.17, 15) is 14.4 Å². The molecule has 3 aromatic rings. The van der Waals surface area contributed by atoms with Crippen LogP contribution >= 0.6 is 11.8 Å². The van der Waals surface area contributed by atoms with Gasteiger partial charge in [-0.3, -0.25) is 19.4 Å². The number of hydrogen-bond acceptors (Lipinski definition) is 6. The molecule has 9 heteroatoms. The quantitative estimate of drug-likeness (QED) is 0.492. The van der Waals surface area contributed by atoms with Crippen LogP contribution in [-0.2, 0) is 9.59 Å². The second-order valence-corrected chi connectivity index (χ2v) is 8.54. The van der Waals surface area contributed by atoms with Gasteiger partial charge in [-0.25, -0.2) is 0 Å². The van der Waals surface area contributed by atoms with Gasteiger partial charge < -0.3 is 10.6 Å². The van der Waals surface area contributed by atoms with Gasteiger partial charge in [-0.15, -0.1) is 10.2 Å². The number of H-pyrrole nitrogens is 1. The number of hydrogen-bond donors (Lipinski definition) is 3. The zero-order valence-electron chi connectivity index (χ0n) is 18.6. The van der Waals surface area contributed by atoms with Crippen LogP contribution in [0.15, 0.2) is 40.3 Å². The number of carbonyl (C=O) groups excluding carboxylic acids is 2. The summed E-state index contributed by atoms with van der Waals surface area (Å²) in [5.74, 6) is -0.389. The van der Waals surface area contributed by atoms with Crippen LogP contribution in [0, 0.1) is 27.7 Å². The predicted molar refractivity (Wildman–Crippen MR) is 127 cm³/mol. The van der Waals surface area contributed by atoms with Crippen LogP contribution in [-0.4, -0.2) is 32.7 Å². The first kappa shape index (κ1) is 23.2. The molecule has 0 aliphatic heterocycles. The topological polar surface area (TPSA) is 117 Å². The van der Waals surface area contributed by atoms with E-state index < -0.39 is 5.56 Å². The third kappa shape index (κ3) is 5.42. The average Bonchev–Trinajstić information content (AvgIpc) is 2.72. The Morgan fingerprint density at radius 1 is 1.03 bits per heavy atom. The predicted octanol–water partition coefficient (Wildman–Crippen LogP) is 3.75. The number of nitrogens with one attached hydrogen (secondary N) is 3. The van der Waals surface area contributed by atoms with E-state index in [0.29, 0.717) is 11.3 Å². The minimum Gasteiger partial charge on any atom is -0.325 e. The fourth-order valence-electron chi connectivity index (χ4n) is 3.27. The standard InChI is InChI=1S/C23H25N5O3S/c1-12-9-14(3)20(24-16(5)29)17(10-12)21-22(31)26-23(28-27-21)32-11-19(30)25-18-8-6-7-13(2)15(18)4/h6-10H,11H2,1-5H3,(H,24,29)(H,25,30)(H,26,28,31). The van der Waals surface area contributed by atoms with E-state index in [0.717, 1.165) is 39.7 Å². The number of aromatic amines is 1. The van der Waals surface area contributed by atoms with Gasteiger partial charge in [0.25, 0.3) is 5.56 Å². The van der Waals surface area contributed by atoms with E-state index in [4.69, 9.17) is 0 Å². The number of amides is 2. The molecule has 0 bridgehead atoms. The van der Waals surface area contributed by atoms with Gasteiger partial charge in [0.1, 0.15) is 0 Å². The van der Waals surface area contributed by atoms with Crippen molar-refractivity contribution in [2.24, 2.45) is 0 Å². The highest BCUT2D eigenvalue weighted by atomic mass is 32.2. The summed E-state index contributed by atoms with van der Waals surface area (Å²) < 4.78 is 0. The molecule has 0 radical (unpaired) electrons. The normalized spacial score (nSPS) is 10.7. The summed E-state index contributed by atoms with van der Waals surface area (Å²) in [6.45, 7) is 9.08. The molecule has 0 aliphatic carbocycles. The zero-order chi connectivity index (χ0) is 23.4. The van der Waals surface area contributed by atoms with Crippen LogP contribution in [0.2, 0.25) is 0 Å². The Morgan fingerprint density at radius 3 is 2.47 bits per heavy atom. The number of benzene rings is 2. The fourth-order valence-corrected chi connectivity index (χ4v) is 3.87. The highest BCUT2D eigenvalue weighted by Crippen LogP contribution is 2.29. The van der Waals surface area contributed by atoms with E-state index in [-0.39, 0.29) is 28.4 Å². The van der Waals surface area contributed by atoms with Crippen molar-refractivity contribution in [3.63, 3.8) is 0 Å². The first-order valence-corrected chi connectivity index (χ1v) is 11.0. The van der Waals surface area contributed by atoms with Gasteiger partial charge in [0.2, 0.25) is 11.8 Å². The molecule has 0 saturated heterocycles. The molecule has 0 aliphatic rings. The SMILES string of the molecule is CC(=O)Nc1c(C)cc(C)cc1-c1nnc(SCC(=O)Nc2cccc(C)c2C)[nH]c1=O. The molecule has 166 valence electrons. The van der Waals surface area contributed by atoms with Crippen molar-refractivity contribution >= 4 is 35.0 Å². The molecule has 3 rings (SSSR count). The molecule has 3 N–H and O–H groups in total. The van der Waals surface area contributed by atoms with Gasteiger partial charge >= 0.3 is 0 Å². The second kappa shape index (κ2) is 9.78. The van der Waals surface area contributed by atoms with E-state index >= 15 is 0 Å². The summed E-state index contributed by atoms with van der Waals surface area (Å²) in [6, 6.07) is 9.40. The first-order valence-electron chi connectivity index (χ1n) is 10.0. The Labute approximate surface area is 190 Å². The third-order valence-corrected chi connectivity index (χ3v) is 5.79. The van der Waals surface area contributed by atoms with Crippen LogP contribution in [0.25, 0.3) is 11.3 Å². The van der Waals surface area contributed by atoms with Gasteiger partial charge in [0.15, 0.2) is 10.9 Å². The number of nitrogens with zero attached hydrogens (tertiary/aromatic N) is 2. The number of rotatable bonds is 6. The minimum atomic E-state index is -0.450. The van der Waals surface area contributed by atoms with Crippen molar-refractivity contribution in [1.82, 2.24) is 15.2 Å². The molecule has 0 atom stereocenters. The highest BCUT2D eigenvalue weighted by molar-refractivity contribution is 7.99. The largest absolute Gasteiger partial charge is 0.325 e. The molecule has 0 spiro atoms. The summed E-state index contributed by atoms with van der Waals surface area (Å²) in [5.41, 5.74) is 5.27. The van der Waals surface area contributed by atoms with Crippen LogP contribution in [0.5, 0.6) is 0 Å². The highest BCUT2D eigenvalue weighted by Gasteiger charge is 2.16. The third-order valence-electron chi connectivity index (χ3n) is 4.93. The Kier molecular flexibility index (Phi) is 7.09. The van der Waals surface area contributed by atoms with Gasteiger partial charge in [-0.1, -0.05) is 35.5 Å². The number of thioether (sulfide) groups is 1. The van der Waals surface area contributed by atoms with Crippen molar-refractivity contribution in [3.8, 4) is 11.3 Å². The maximum Gasteiger partial charge on any atom is 0.278 e. The van der Waals surface area contributed by atoms with E-state index in [2.05, 4.69) is 25.8 Å². The Morgan fingerprint density at radius 2 is 1.78 bits per heavy atom. The molecule has 1 heterocycles. The first-order chi connectivity index (χ1) is 15.2. The van der Waals surface area contributed by atoms with Crippen LogP contribution in [0.3, 0.4) is 0 Å². The lowest BCUT2D eigenvalue weighted by atomic mass is 10.0.